The summed E-state index contributed by atoms with van der Waals surface area (Å²) in [7, 11) is 0. The van der Waals surface area contributed by atoms with Crippen molar-refractivity contribution >= 4 is 17.3 Å². The third-order valence-electron chi connectivity index (χ3n) is 3.29. The van der Waals surface area contributed by atoms with Crippen molar-refractivity contribution < 1.29 is 0 Å². The van der Waals surface area contributed by atoms with Gasteiger partial charge in [-0.1, -0.05) is 30.9 Å². The van der Waals surface area contributed by atoms with Gasteiger partial charge in [-0.25, -0.2) is 0 Å². The lowest BCUT2D eigenvalue weighted by molar-refractivity contribution is 0.556. The molecule has 0 amide bonds. The maximum Gasteiger partial charge on any atom is 0.101 e. The number of halogens is 1. The second-order valence-electron chi connectivity index (χ2n) is 4.53. The smallest absolute Gasteiger partial charge is 0.101 e. The lowest BCUT2D eigenvalue weighted by Gasteiger charge is -2.27. The van der Waals surface area contributed by atoms with Crippen molar-refractivity contribution in [1.82, 2.24) is 0 Å². The Hall–Kier alpha value is -1.20. The van der Waals surface area contributed by atoms with Gasteiger partial charge in [0.15, 0.2) is 0 Å². The molecule has 0 N–H and O–H groups in total. The standard InChI is InChI=1S/C14H17ClN2/c15-14-10-13(7-6-12(14)11-16)17-8-4-2-1-3-5-9-17/h6-7,10H,1-5,8-9H2. The number of anilines is 1. The summed E-state index contributed by atoms with van der Waals surface area (Å²) in [6, 6.07) is 7.84. The third kappa shape index (κ3) is 3.14. The average Bonchev–Trinajstić information content (AvgIpc) is 2.28. The summed E-state index contributed by atoms with van der Waals surface area (Å²) in [6.07, 6.45) is 6.50. The van der Waals surface area contributed by atoms with Gasteiger partial charge in [0, 0.05) is 18.8 Å². The van der Waals surface area contributed by atoms with Gasteiger partial charge in [0.2, 0.25) is 0 Å². The van der Waals surface area contributed by atoms with Crippen molar-refractivity contribution in [2.24, 2.45) is 0 Å². The molecule has 1 aromatic rings. The first-order valence-corrected chi connectivity index (χ1v) is 6.63. The highest BCUT2D eigenvalue weighted by Gasteiger charge is 2.10. The van der Waals surface area contributed by atoms with Crippen LogP contribution in [0.2, 0.25) is 5.02 Å². The Morgan fingerprint density at radius 1 is 1.06 bits per heavy atom. The van der Waals surface area contributed by atoms with Crippen LogP contribution < -0.4 is 4.90 Å². The number of hydrogen-bond acceptors (Lipinski definition) is 2. The van der Waals surface area contributed by atoms with E-state index in [0.717, 1.165) is 18.8 Å². The van der Waals surface area contributed by atoms with Crippen LogP contribution in [0.5, 0.6) is 0 Å². The van der Waals surface area contributed by atoms with Crippen molar-refractivity contribution in [3.63, 3.8) is 0 Å². The van der Waals surface area contributed by atoms with E-state index >= 15 is 0 Å². The van der Waals surface area contributed by atoms with E-state index in [1.807, 2.05) is 18.2 Å². The topological polar surface area (TPSA) is 27.0 Å². The van der Waals surface area contributed by atoms with E-state index in [1.54, 1.807) is 0 Å². The quantitative estimate of drug-likeness (QED) is 0.752. The van der Waals surface area contributed by atoms with Crippen molar-refractivity contribution in [2.75, 3.05) is 18.0 Å². The minimum atomic E-state index is 0.558. The number of nitrogens with zero attached hydrogens (tertiary/aromatic N) is 2. The molecule has 0 aromatic heterocycles. The zero-order chi connectivity index (χ0) is 12.1. The van der Waals surface area contributed by atoms with Crippen LogP contribution in [0.25, 0.3) is 0 Å². The van der Waals surface area contributed by atoms with Gasteiger partial charge in [-0.05, 0) is 31.0 Å². The van der Waals surface area contributed by atoms with E-state index in [2.05, 4.69) is 11.0 Å². The van der Waals surface area contributed by atoms with Crippen LogP contribution >= 0.6 is 11.6 Å². The molecule has 1 aliphatic rings. The second kappa shape index (κ2) is 5.93. The molecular formula is C14H17ClN2. The second-order valence-corrected chi connectivity index (χ2v) is 4.94. The Balaban J connectivity index is 2.15. The fraction of sp³-hybridized carbons (Fsp3) is 0.500. The Morgan fingerprint density at radius 3 is 2.29 bits per heavy atom. The van der Waals surface area contributed by atoms with Gasteiger partial charge >= 0.3 is 0 Å². The van der Waals surface area contributed by atoms with Crippen LogP contribution in [0.15, 0.2) is 18.2 Å². The first-order valence-electron chi connectivity index (χ1n) is 6.26. The predicted molar refractivity (Wildman–Crippen MR) is 71.5 cm³/mol. The summed E-state index contributed by atoms with van der Waals surface area (Å²) in [5, 5.41) is 9.42. The summed E-state index contributed by atoms with van der Waals surface area (Å²) >= 11 is 6.07. The van der Waals surface area contributed by atoms with Crippen LogP contribution in [-0.4, -0.2) is 13.1 Å². The first kappa shape index (κ1) is 12.3. The van der Waals surface area contributed by atoms with Crippen molar-refractivity contribution in [1.29, 1.82) is 5.26 Å². The van der Waals surface area contributed by atoms with E-state index in [1.165, 1.54) is 32.1 Å². The molecule has 1 heterocycles. The maximum absolute atomic E-state index is 8.85. The molecular weight excluding hydrogens is 232 g/mol. The van der Waals surface area contributed by atoms with Gasteiger partial charge in [0.1, 0.15) is 6.07 Å². The Labute approximate surface area is 108 Å². The molecule has 0 aliphatic carbocycles. The minimum Gasteiger partial charge on any atom is -0.371 e. The van der Waals surface area contributed by atoms with Gasteiger partial charge < -0.3 is 4.90 Å². The predicted octanol–water partition coefficient (Wildman–Crippen LogP) is 3.98. The molecule has 1 aromatic carbocycles. The third-order valence-corrected chi connectivity index (χ3v) is 3.61. The van der Waals surface area contributed by atoms with E-state index in [0.29, 0.717) is 10.6 Å². The van der Waals surface area contributed by atoms with E-state index in [-0.39, 0.29) is 0 Å². The first-order chi connectivity index (χ1) is 8.31. The summed E-state index contributed by atoms with van der Waals surface area (Å²) in [6.45, 7) is 2.20. The van der Waals surface area contributed by atoms with Gasteiger partial charge in [-0.2, -0.15) is 5.26 Å². The van der Waals surface area contributed by atoms with Crippen molar-refractivity contribution in [2.45, 2.75) is 32.1 Å². The highest BCUT2D eigenvalue weighted by molar-refractivity contribution is 6.32. The highest BCUT2D eigenvalue weighted by Crippen LogP contribution is 2.25. The fourth-order valence-corrected chi connectivity index (χ4v) is 2.51. The molecule has 1 aliphatic heterocycles. The molecule has 0 unspecified atom stereocenters. The van der Waals surface area contributed by atoms with Crippen molar-refractivity contribution in [3.05, 3.63) is 28.8 Å². The number of benzene rings is 1. The monoisotopic (exact) mass is 248 g/mol. The SMILES string of the molecule is N#Cc1ccc(N2CCCCCCC2)cc1Cl. The van der Waals surface area contributed by atoms with Gasteiger partial charge in [-0.15, -0.1) is 0 Å². The molecule has 0 atom stereocenters. The van der Waals surface area contributed by atoms with E-state index in [4.69, 9.17) is 16.9 Å². The summed E-state index contributed by atoms with van der Waals surface area (Å²) in [5.41, 5.74) is 1.71. The van der Waals surface area contributed by atoms with Crippen LogP contribution in [-0.2, 0) is 0 Å². The molecule has 2 nitrogen and oxygen atoms in total. The lowest BCUT2D eigenvalue weighted by atomic mass is 10.1. The van der Waals surface area contributed by atoms with Crippen LogP contribution in [0.4, 0.5) is 5.69 Å². The normalized spacial score (nSPS) is 17.1. The summed E-state index contributed by atoms with van der Waals surface area (Å²) < 4.78 is 0. The molecule has 3 heteroatoms. The molecule has 0 radical (unpaired) electrons. The van der Waals surface area contributed by atoms with Gasteiger partial charge in [-0.3, -0.25) is 0 Å². The highest BCUT2D eigenvalue weighted by atomic mass is 35.5. The zero-order valence-corrected chi connectivity index (χ0v) is 10.7. The zero-order valence-electron chi connectivity index (χ0n) is 9.95. The molecule has 1 saturated heterocycles. The van der Waals surface area contributed by atoms with Crippen LogP contribution in [0.1, 0.15) is 37.7 Å². The average molecular weight is 249 g/mol. The molecule has 0 bridgehead atoms. The van der Waals surface area contributed by atoms with Crippen LogP contribution in [0.3, 0.4) is 0 Å². The Kier molecular flexibility index (Phi) is 4.28. The molecule has 0 spiro atoms. The molecule has 0 saturated carbocycles. The summed E-state index contributed by atoms with van der Waals surface area (Å²) in [4.78, 5) is 2.38. The number of nitriles is 1. The molecule has 17 heavy (non-hydrogen) atoms. The molecule has 90 valence electrons. The maximum atomic E-state index is 8.85. The Morgan fingerprint density at radius 2 is 1.71 bits per heavy atom. The van der Waals surface area contributed by atoms with Crippen molar-refractivity contribution in [3.8, 4) is 6.07 Å². The molecule has 1 fully saturated rings. The van der Waals surface area contributed by atoms with E-state index < -0.39 is 0 Å². The minimum absolute atomic E-state index is 0.558. The molecule has 2 rings (SSSR count). The Bertz CT molecular complexity index is 415. The number of hydrogen-bond donors (Lipinski definition) is 0. The van der Waals surface area contributed by atoms with E-state index in [9.17, 15) is 0 Å². The largest absolute Gasteiger partial charge is 0.371 e. The lowest BCUT2D eigenvalue weighted by Crippen LogP contribution is -2.26. The van der Waals surface area contributed by atoms with Crippen LogP contribution in [0, 0.1) is 11.3 Å². The number of rotatable bonds is 1. The fourth-order valence-electron chi connectivity index (χ4n) is 2.30. The van der Waals surface area contributed by atoms with Gasteiger partial charge in [0.25, 0.3) is 0 Å². The summed E-state index contributed by atoms with van der Waals surface area (Å²) in [5.74, 6) is 0. The van der Waals surface area contributed by atoms with Gasteiger partial charge in [0.05, 0.1) is 10.6 Å².